The molecule has 0 aliphatic carbocycles. The minimum absolute atomic E-state index is 0.122. The van der Waals surface area contributed by atoms with E-state index in [4.69, 9.17) is 16.3 Å². The molecule has 0 heterocycles. The molecule has 0 aliphatic heterocycles. The Bertz CT molecular complexity index is 927. The van der Waals surface area contributed by atoms with Crippen molar-refractivity contribution in [1.82, 2.24) is 10.2 Å². The number of hydrogen-bond acceptors (Lipinski definition) is 3. The number of halogens is 1. The normalized spacial score (nSPS) is 12.8. The van der Waals surface area contributed by atoms with Crippen LogP contribution in [0.25, 0.3) is 0 Å². The third-order valence-corrected chi connectivity index (χ3v) is 5.23. The van der Waals surface area contributed by atoms with Crippen molar-refractivity contribution < 1.29 is 14.3 Å². The Morgan fingerprint density at radius 2 is 1.59 bits per heavy atom. The Morgan fingerprint density at radius 3 is 2.16 bits per heavy atom. The average molecular weight is 459 g/mol. The van der Waals surface area contributed by atoms with Crippen molar-refractivity contribution in [1.29, 1.82) is 0 Å². The highest BCUT2D eigenvalue weighted by molar-refractivity contribution is 6.30. The number of hydrogen-bond donors (Lipinski definition) is 1. The largest absolute Gasteiger partial charge is 0.483 e. The van der Waals surface area contributed by atoms with Crippen LogP contribution in [0.4, 0.5) is 0 Å². The van der Waals surface area contributed by atoms with Crippen LogP contribution in [0.1, 0.15) is 59.6 Å². The number of amides is 2. The second-order valence-corrected chi connectivity index (χ2v) is 10.5. The van der Waals surface area contributed by atoms with E-state index in [-0.39, 0.29) is 30.4 Å². The van der Waals surface area contributed by atoms with Gasteiger partial charge in [-0.15, -0.1) is 0 Å². The van der Waals surface area contributed by atoms with Crippen LogP contribution in [-0.4, -0.2) is 34.9 Å². The average Bonchev–Trinajstić information content (AvgIpc) is 2.69. The van der Waals surface area contributed by atoms with E-state index >= 15 is 0 Å². The minimum Gasteiger partial charge on any atom is -0.483 e. The third-order valence-electron chi connectivity index (χ3n) is 4.98. The number of nitrogens with zero attached hydrogens (tertiary/aromatic N) is 1. The predicted octanol–water partition coefficient (Wildman–Crippen LogP) is 5.35. The van der Waals surface area contributed by atoms with Crippen molar-refractivity contribution in [2.45, 2.75) is 72.0 Å². The van der Waals surface area contributed by atoms with Gasteiger partial charge in [-0.05, 0) is 62.4 Å². The van der Waals surface area contributed by atoms with Crippen LogP contribution in [0, 0.1) is 0 Å². The summed E-state index contributed by atoms with van der Waals surface area (Å²) in [4.78, 5) is 27.6. The predicted molar refractivity (Wildman–Crippen MR) is 130 cm³/mol. The van der Waals surface area contributed by atoms with E-state index in [0.29, 0.717) is 10.8 Å². The number of carbonyl (C=O) groups excluding carboxylic acids is 2. The van der Waals surface area contributed by atoms with E-state index in [2.05, 4.69) is 26.1 Å². The molecule has 0 bridgehead atoms. The Hall–Kier alpha value is -2.53. The summed E-state index contributed by atoms with van der Waals surface area (Å²) < 4.78 is 5.95. The molecule has 1 atom stereocenters. The van der Waals surface area contributed by atoms with Crippen LogP contribution < -0.4 is 10.1 Å². The van der Waals surface area contributed by atoms with Crippen molar-refractivity contribution in [2.24, 2.45) is 0 Å². The topological polar surface area (TPSA) is 58.6 Å². The molecule has 0 unspecified atom stereocenters. The third kappa shape index (κ3) is 7.56. The summed E-state index contributed by atoms with van der Waals surface area (Å²) in [6, 6.07) is 14.3. The molecule has 174 valence electrons. The number of ether oxygens (including phenoxy) is 1. The number of benzene rings is 2. The van der Waals surface area contributed by atoms with Gasteiger partial charge in [-0.25, -0.2) is 0 Å². The van der Waals surface area contributed by atoms with Gasteiger partial charge in [-0.3, -0.25) is 9.59 Å². The Morgan fingerprint density at radius 1 is 1.00 bits per heavy atom. The van der Waals surface area contributed by atoms with Crippen LogP contribution >= 0.6 is 11.6 Å². The highest BCUT2D eigenvalue weighted by Gasteiger charge is 2.29. The van der Waals surface area contributed by atoms with Gasteiger partial charge in [0.15, 0.2) is 6.61 Å². The SMILES string of the molecule is C[C@H](C(=O)NC(C)(C)C)N(Cc1ccc(Cl)cc1)C(=O)COc1ccccc1C(C)(C)C. The van der Waals surface area contributed by atoms with Gasteiger partial charge in [0.25, 0.3) is 5.91 Å². The lowest BCUT2D eigenvalue weighted by Crippen LogP contribution is -2.53. The van der Waals surface area contributed by atoms with Crippen molar-refractivity contribution >= 4 is 23.4 Å². The summed E-state index contributed by atoms with van der Waals surface area (Å²) in [6.45, 7) is 13.9. The van der Waals surface area contributed by atoms with Crippen molar-refractivity contribution in [3.8, 4) is 5.75 Å². The molecule has 2 rings (SSSR count). The fourth-order valence-corrected chi connectivity index (χ4v) is 3.40. The van der Waals surface area contributed by atoms with Crippen LogP contribution in [0.2, 0.25) is 5.02 Å². The molecule has 2 aromatic rings. The molecular weight excluding hydrogens is 424 g/mol. The first kappa shape index (κ1) is 25.7. The standard InChI is InChI=1S/C26H35ClN2O3/c1-18(24(31)28-26(5,6)7)29(16-19-12-14-20(27)15-13-19)23(30)17-32-22-11-9-8-10-21(22)25(2,3)4/h8-15,18H,16-17H2,1-7H3,(H,28,31)/t18-/m1/s1. The zero-order valence-electron chi connectivity index (χ0n) is 20.2. The van der Waals surface area contributed by atoms with Gasteiger partial charge < -0.3 is 15.0 Å². The molecule has 0 aromatic heterocycles. The monoisotopic (exact) mass is 458 g/mol. The number of nitrogens with one attached hydrogen (secondary N) is 1. The molecule has 0 spiro atoms. The first-order valence-electron chi connectivity index (χ1n) is 10.9. The quantitative estimate of drug-likeness (QED) is 0.608. The maximum Gasteiger partial charge on any atom is 0.261 e. The highest BCUT2D eigenvalue weighted by Crippen LogP contribution is 2.31. The van der Waals surface area contributed by atoms with Gasteiger partial charge in [0.2, 0.25) is 5.91 Å². The fourth-order valence-electron chi connectivity index (χ4n) is 3.28. The van der Waals surface area contributed by atoms with Gasteiger partial charge >= 0.3 is 0 Å². The van der Waals surface area contributed by atoms with E-state index in [1.54, 1.807) is 24.0 Å². The smallest absolute Gasteiger partial charge is 0.261 e. The number of para-hydroxylation sites is 1. The Kier molecular flexibility index (Phi) is 8.35. The van der Waals surface area contributed by atoms with E-state index in [1.165, 1.54) is 0 Å². The molecule has 32 heavy (non-hydrogen) atoms. The maximum atomic E-state index is 13.3. The summed E-state index contributed by atoms with van der Waals surface area (Å²) in [5.74, 6) is 0.196. The molecule has 1 N–H and O–H groups in total. The molecule has 0 radical (unpaired) electrons. The second kappa shape index (κ2) is 10.4. The number of rotatable bonds is 7. The second-order valence-electron chi connectivity index (χ2n) is 10.1. The van der Waals surface area contributed by atoms with Crippen molar-refractivity contribution in [3.63, 3.8) is 0 Å². The van der Waals surface area contributed by atoms with E-state index in [1.807, 2.05) is 57.2 Å². The van der Waals surface area contributed by atoms with Crippen LogP contribution in [0.5, 0.6) is 5.75 Å². The van der Waals surface area contributed by atoms with E-state index in [9.17, 15) is 9.59 Å². The number of carbonyl (C=O) groups is 2. The van der Waals surface area contributed by atoms with E-state index in [0.717, 1.165) is 11.1 Å². The Labute approximate surface area is 197 Å². The molecule has 0 fully saturated rings. The highest BCUT2D eigenvalue weighted by atomic mass is 35.5. The van der Waals surface area contributed by atoms with E-state index < -0.39 is 11.6 Å². The lowest BCUT2D eigenvalue weighted by Gasteiger charge is -2.31. The summed E-state index contributed by atoms with van der Waals surface area (Å²) in [5.41, 5.74) is 1.38. The lowest BCUT2D eigenvalue weighted by atomic mass is 9.86. The van der Waals surface area contributed by atoms with Crippen LogP contribution in [-0.2, 0) is 21.5 Å². The molecule has 0 saturated heterocycles. The zero-order valence-corrected chi connectivity index (χ0v) is 20.9. The van der Waals surface area contributed by atoms with Gasteiger partial charge in [0, 0.05) is 17.1 Å². The molecule has 0 aliphatic rings. The molecule has 6 heteroatoms. The molecule has 2 amide bonds. The molecule has 2 aromatic carbocycles. The van der Waals surface area contributed by atoms with Gasteiger partial charge in [0.1, 0.15) is 11.8 Å². The maximum absolute atomic E-state index is 13.3. The molecule has 0 saturated carbocycles. The van der Waals surface area contributed by atoms with Gasteiger partial charge in [-0.2, -0.15) is 0 Å². The van der Waals surface area contributed by atoms with Crippen LogP contribution in [0.15, 0.2) is 48.5 Å². The summed E-state index contributed by atoms with van der Waals surface area (Å²) >= 11 is 6.00. The first-order valence-corrected chi connectivity index (χ1v) is 11.2. The van der Waals surface area contributed by atoms with Gasteiger partial charge in [0.05, 0.1) is 0 Å². The summed E-state index contributed by atoms with van der Waals surface area (Å²) in [6.07, 6.45) is 0. The first-order chi connectivity index (χ1) is 14.8. The minimum atomic E-state index is -0.668. The fraction of sp³-hybridized carbons (Fsp3) is 0.462. The molecular formula is C26H35ClN2O3. The summed E-state index contributed by atoms with van der Waals surface area (Å²) in [7, 11) is 0. The summed E-state index contributed by atoms with van der Waals surface area (Å²) in [5, 5.41) is 3.58. The lowest BCUT2D eigenvalue weighted by molar-refractivity contribution is -0.142. The Balaban J connectivity index is 2.23. The van der Waals surface area contributed by atoms with Gasteiger partial charge in [-0.1, -0.05) is 62.7 Å². The van der Waals surface area contributed by atoms with Crippen LogP contribution in [0.3, 0.4) is 0 Å². The van der Waals surface area contributed by atoms with Crippen molar-refractivity contribution in [2.75, 3.05) is 6.61 Å². The van der Waals surface area contributed by atoms with Crippen molar-refractivity contribution in [3.05, 3.63) is 64.7 Å². The molecule has 5 nitrogen and oxygen atoms in total. The zero-order chi connectivity index (χ0) is 24.1.